The van der Waals surface area contributed by atoms with E-state index in [-0.39, 0.29) is 24.0 Å². The molecule has 0 saturated carbocycles. The number of halogens is 2. The molecule has 16 heavy (non-hydrogen) atoms. The molecule has 0 amide bonds. The van der Waals surface area contributed by atoms with E-state index in [2.05, 4.69) is 32.8 Å². The van der Waals surface area contributed by atoms with Crippen LogP contribution in [0.25, 0.3) is 0 Å². The summed E-state index contributed by atoms with van der Waals surface area (Å²) < 4.78 is 1.09. The first kappa shape index (κ1) is 15.9. The van der Waals surface area contributed by atoms with Gasteiger partial charge in [0.15, 0.2) is 5.96 Å². The van der Waals surface area contributed by atoms with Gasteiger partial charge in [0.05, 0.1) is 6.54 Å². The SMILES string of the molecule is C=C(C)CNC(N)=NCc1sccc1Br.I. The summed E-state index contributed by atoms with van der Waals surface area (Å²) in [5.74, 6) is 0.457. The fraction of sp³-hybridized carbons (Fsp3) is 0.300. The Bertz CT molecular complexity index is 376. The van der Waals surface area contributed by atoms with Crippen LogP contribution in [0.3, 0.4) is 0 Å². The molecule has 3 N–H and O–H groups in total. The second kappa shape index (κ2) is 8.08. The summed E-state index contributed by atoms with van der Waals surface area (Å²) in [4.78, 5) is 5.40. The second-order valence-corrected chi connectivity index (χ2v) is 5.06. The normalized spacial score (nSPS) is 10.8. The minimum absolute atomic E-state index is 0. The molecule has 1 aromatic heterocycles. The highest BCUT2D eigenvalue weighted by Gasteiger charge is 1.99. The van der Waals surface area contributed by atoms with Gasteiger partial charge in [-0.05, 0) is 34.3 Å². The van der Waals surface area contributed by atoms with Gasteiger partial charge in [-0.15, -0.1) is 35.3 Å². The lowest BCUT2D eigenvalue weighted by Gasteiger charge is -2.04. The molecule has 0 radical (unpaired) electrons. The number of nitrogens with one attached hydrogen (secondary N) is 1. The van der Waals surface area contributed by atoms with Crippen LogP contribution in [0.15, 0.2) is 33.1 Å². The lowest BCUT2D eigenvalue weighted by Crippen LogP contribution is -2.32. The Kier molecular flexibility index (Phi) is 8.04. The fourth-order valence-electron chi connectivity index (χ4n) is 0.892. The summed E-state index contributed by atoms with van der Waals surface area (Å²) in [5.41, 5.74) is 6.71. The van der Waals surface area contributed by atoms with Gasteiger partial charge in [-0.1, -0.05) is 12.2 Å². The molecule has 0 aliphatic carbocycles. The van der Waals surface area contributed by atoms with Crippen LogP contribution in [0.2, 0.25) is 0 Å². The van der Waals surface area contributed by atoms with Crippen LogP contribution in [-0.2, 0) is 6.54 Å². The number of hydrogen-bond donors (Lipinski definition) is 2. The van der Waals surface area contributed by atoms with E-state index in [1.54, 1.807) is 11.3 Å². The molecule has 0 bridgehead atoms. The zero-order valence-corrected chi connectivity index (χ0v) is 13.7. The van der Waals surface area contributed by atoms with Gasteiger partial charge in [0.2, 0.25) is 0 Å². The third-order valence-electron chi connectivity index (χ3n) is 1.66. The molecular weight excluding hydrogens is 401 g/mol. The predicted octanol–water partition coefficient (Wildman–Crippen LogP) is 3.11. The smallest absolute Gasteiger partial charge is 0.189 e. The van der Waals surface area contributed by atoms with E-state index >= 15 is 0 Å². The van der Waals surface area contributed by atoms with Crippen molar-refractivity contribution < 1.29 is 0 Å². The summed E-state index contributed by atoms with van der Waals surface area (Å²) >= 11 is 5.11. The molecule has 0 aliphatic heterocycles. The molecule has 3 nitrogen and oxygen atoms in total. The van der Waals surface area contributed by atoms with Crippen LogP contribution in [0.4, 0.5) is 0 Å². The highest BCUT2D eigenvalue weighted by molar-refractivity contribution is 14.0. The molecule has 0 atom stereocenters. The van der Waals surface area contributed by atoms with Crippen molar-refractivity contribution in [3.8, 4) is 0 Å². The maximum atomic E-state index is 5.68. The molecule has 0 saturated heterocycles. The number of aliphatic imine (C=N–C) groups is 1. The lowest BCUT2D eigenvalue weighted by molar-refractivity contribution is 0.944. The summed E-state index contributed by atoms with van der Waals surface area (Å²) in [6, 6.07) is 2.01. The van der Waals surface area contributed by atoms with Gasteiger partial charge in [-0.3, -0.25) is 0 Å². The number of thiophene rings is 1. The number of hydrogen-bond acceptors (Lipinski definition) is 2. The number of nitrogens with two attached hydrogens (primary N) is 1. The van der Waals surface area contributed by atoms with Crippen molar-refractivity contribution >= 4 is 57.2 Å². The van der Waals surface area contributed by atoms with Crippen molar-refractivity contribution in [3.63, 3.8) is 0 Å². The van der Waals surface area contributed by atoms with Crippen LogP contribution in [0, 0.1) is 0 Å². The van der Waals surface area contributed by atoms with Crippen LogP contribution >= 0.6 is 51.2 Å². The lowest BCUT2D eigenvalue weighted by atomic mass is 10.3. The Morgan fingerprint density at radius 1 is 1.69 bits per heavy atom. The van der Waals surface area contributed by atoms with Crippen LogP contribution in [-0.4, -0.2) is 12.5 Å². The van der Waals surface area contributed by atoms with E-state index < -0.39 is 0 Å². The minimum atomic E-state index is 0. The summed E-state index contributed by atoms with van der Waals surface area (Å²) in [6.45, 7) is 6.99. The van der Waals surface area contributed by atoms with E-state index in [0.29, 0.717) is 19.0 Å². The molecule has 90 valence electrons. The average molecular weight is 416 g/mol. The monoisotopic (exact) mass is 415 g/mol. The van der Waals surface area contributed by atoms with Crippen molar-refractivity contribution in [3.05, 3.63) is 32.9 Å². The van der Waals surface area contributed by atoms with Crippen molar-refractivity contribution in [1.82, 2.24) is 5.32 Å². The molecule has 0 fully saturated rings. The summed E-state index contributed by atoms with van der Waals surface area (Å²) in [6.07, 6.45) is 0. The molecular formula is C10H15BrIN3S. The molecule has 6 heteroatoms. The first-order valence-electron chi connectivity index (χ1n) is 4.49. The van der Waals surface area contributed by atoms with Gasteiger partial charge in [-0.2, -0.15) is 0 Å². The van der Waals surface area contributed by atoms with Crippen LogP contribution < -0.4 is 11.1 Å². The average Bonchev–Trinajstić information content (AvgIpc) is 2.58. The largest absolute Gasteiger partial charge is 0.370 e. The fourth-order valence-corrected chi connectivity index (χ4v) is 2.29. The topological polar surface area (TPSA) is 50.4 Å². The standard InChI is InChI=1S/C10H14BrN3S.HI/c1-7(2)5-13-10(12)14-6-9-8(11)3-4-15-9;/h3-4H,1,5-6H2,2H3,(H3,12,13,14);1H. The Hall–Kier alpha value is -0.0800. The number of rotatable bonds is 4. The van der Waals surface area contributed by atoms with Gasteiger partial charge >= 0.3 is 0 Å². The summed E-state index contributed by atoms with van der Waals surface area (Å²) in [7, 11) is 0. The first-order valence-corrected chi connectivity index (χ1v) is 6.17. The van der Waals surface area contributed by atoms with E-state index in [0.717, 1.165) is 10.0 Å². The van der Waals surface area contributed by atoms with Gasteiger partial charge in [0, 0.05) is 15.9 Å². The van der Waals surface area contributed by atoms with E-state index in [1.807, 2.05) is 18.4 Å². The van der Waals surface area contributed by atoms with E-state index in [4.69, 9.17) is 5.73 Å². The number of guanidine groups is 1. The highest BCUT2D eigenvalue weighted by Crippen LogP contribution is 2.22. The molecule has 1 heterocycles. The van der Waals surface area contributed by atoms with Gasteiger partial charge in [-0.25, -0.2) is 4.99 Å². The molecule has 0 aliphatic rings. The maximum absolute atomic E-state index is 5.68. The molecule has 0 spiro atoms. The zero-order valence-electron chi connectivity index (χ0n) is 9.00. The Morgan fingerprint density at radius 3 is 2.88 bits per heavy atom. The third kappa shape index (κ3) is 5.86. The Morgan fingerprint density at radius 2 is 2.38 bits per heavy atom. The quantitative estimate of drug-likeness (QED) is 0.343. The van der Waals surface area contributed by atoms with Gasteiger partial charge in [0.25, 0.3) is 0 Å². The van der Waals surface area contributed by atoms with Crippen molar-refractivity contribution in [2.24, 2.45) is 10.7 Å². The van der Waals surface area contributed by atoms with Gasteiger partial charge < -0.3 is 11.1 Å². The number of nitrogens with zero attached hydrogens (tertiary/aromatic N) is 1. The van der Waals surface area contributed by atoms with Crippen molar-refractivity contribution in [2.75, 3.05) is 6.54 Å². The van der Waals surface area contributed by atoms with E-state index in [9.17, 15) is 0 Å². The zero-order chi connectivity index (χ0) is 11.3. The predicted molar refractivity (Wildman–Crippen MR) is 85.6 cm³/mol. The first-order chi connectivity index (χ1) is 7.09. The van der Waals surface area contributed by atoms with Gasteiger partial charge in [0.1, 0.15) is 0 Å². The highest BCUT2D eigenvalue weighted by atomic mass is 127. The minimum Gasteiger partial charge on any atom is -0.370 e. The summed E-state index contributed by atoms with van der Waals surface area (Å²) in [5, 5.41) is 5.00. The van der Waals surface area contributed by atoms with Crippen LogP contribution in [0.1, 0.15) is 11.8 Å². The Balaban J connectivity index is 0.00000225. The second-order valence-electron chi connectivity index (χ2n) is 3.20. The molecule has 1 aromatic rings. The molecule has 0 aromatic carbocycles. The molecule has 0 unspecified atom stereocenters. The maximum Gasteiger partial charge on any atom is 0.189 e. The Labute approximate surface area is 125 Å². The molecule has 1 rings (SSSR count). The van der Waals surface area contributed by atoms with Crippen molar-refractivity contribution in [1.29, 1.82) is 0 Å². The van der Waals surface area contributed by atoms with E-state index in [1.165, 1.54) is 4.88 Å². The van der Waals surface area contributed by atoms with Crippen LogP contribution in [0.5, 0.6) is 0 Å². The van der Waals surface area contributed by atoms with Crippen molar-refractivity contribution in [2.45, 2.75) is 13.5 Å². The third-order valence-corrected chi connectivity index (χ3v) is 3.57.